The zero-order valence-corrected chi connectivity index (χ0v) is 12.1. The molecule has 2 heterocycles. The highest BCUT2D eigenvalue weighted by atomic mass is 32.2. The Labute approximate surface area is 116 Å². The molecule has 0 aliphatic carbocycles. The van der Waals surface area contributed by atoms with Gasteiger partial charge in [-0.05, 0) is 43.2 Å². The number of nitrogens with two attached hydrogens (primary N) is 1. The van der Waals surface area contributed by atoms with Crippen LogP contribution in [0.25, 0.3) is 0 Å². The number of hydrogen-bond acceptors (Lipinski definition) is 4. The van der Waals surface area contributed by atoms with Crippen LogP contribution in [0.1, 0.15) is 10.4 Å². The molecule has 0 saturated heterocycles. The van der Waals surface area contributed by atoms with Crippen LogP contribution >= 0.6 is 11.3 Å². The van der Waals surface area contributed by atoms with Gasteiger partial charge < -0.3 is 5.73 Å². The Morgan fingerprint density at radius 1 is 1.26 bits per heavy atom. The average Bonchev–Trinajstić information content (AvgIpc) is 2.95. The number of anilines is 2. The van der Waals surface area contributed by atoms with Crippen molar-refractivity contribution >= 4 is 32.7 Å². The summed E-state index contributed by atoms with van der Waals surface area (Å²) in [5.74, 6) is 0. The van der Waals surface area contributed by atoms with Crippen LogP contribution in [0.2, 0.25) is 0 Å². The van der Waals surface area contributed by atoms with Crippen molar-refractivity contribution in [1.29, 1.82) is 0 Å². The van der Waals surface area contributed by atoms with E-state index in [-0.39, 0.29) is 0 Å². The molecule has 2 N–H and O–H groups in total. The van der Waals surface area contributed by atoms with Gasteiger partial charge in [0.1, 0.15) is 4.21 Å². The molecule has 0 saturated carbocycles. The summed E-state index contributed by atoms with van der Waals surface area (Å²) in [4.78, 5) is 0.991. The molecule has 0 atom stereocenters. The molecule has 6 heteroatoms. The summed E-state index contributed by atoms with van der Waals surface area (Å²) >= 11 is 1.30. The molecule has 0 unspecified atom stereocenters. The van der Waals surface area contributed by atoms with Gasteiger partial charge >= 0.3 is 0 Å². The number of fused-ring (bicyclic) bond motifs is 1. The minimum Gasteiger partial charge on any atom is -0.399 e. The van der Waals surface area contributed by atoms with Gasteiger partial charge in [0.05, 0.1) is 5.69 Å². The molecular weight excluding hydrogens is 280 g/mol. The van der Waals surface area contributed by atoms with Gasteiger partial charge in [-0.3, -0.25) is 4.31 Å². The predicted octanol–water partition coefficient (Wildman–Crippen LogP) is 2.39. The number of rotatable bonds is 2. The summed E-state index contributed by atoms with van der Waals surface area (Å²) in [7, 11) is -3.45. The lowest BCUT2D eigenvalue weighted by Crippen LogP contribution is -2.28. The van der Waals surface area contributed by atoms with Crippen molar-refractivity contribution < 1.29 is 8.42 Å². The van der Waals surface area contributed by atoms with Gasteiger partial charge in [-0.2, -0.15) is 0 Å². The SMILES string of the molecule is Cc1ccc(S(=O)(=O)N2CCc3ccc(N)cc32)s1. The van der Waals surface area contributed by atoms with Crippen LogP contribution in [0, 0.1) is 6.92 Å². The third-order valence-corrected chi connectivity index (χ3v) is 6.50. The molecule has 3 rings (SSSR count). The van der Waals surface area contributed by atoms with E-state index in [4.69, 9.17) is 5.73 Å². The van der Waals surface area contributed by atoms with E-state index < -0.39 is 10.0 Å². The van der Waals surface area contributed by atoms with Gasteiger partial charge in [0, 0.05) is 17.1 Å². The highest BCUT2D eigenvalue weighted by Crippen LogP contribution is 2.35. The largest absolute Gasteiger partial charge is 0.399 e. The number of hydrogen-bond donors (Lipinski definition) is 1. The molecule has 1 aliphatic heterocycles. The molecule has 0 amide bonds. The topological polar surface area (TPSA) is 63.4 Å². The smallest absolute Gasteiger partial charge is 0.273 e. The second kappa shape index (κ2) is 4.25. The van der Waals surface area contributed by atoms with E-state index in [2.05, 4.69) is 0 Å². The van der Waals surface area contributed by atoms with E-state index in [0.29, 0.717) is 22.1 Å². The molecule has 19 heavy (non-hydrogen) atoms. The molecule has 1 aromatic heterocycles. The van der Waals surface area contributed by atoms with Crippen molar-refractivity contribution in [1.82, 2.24) is 0 Å². The summed E-state index contributed by atoms with van der Waals surface area (Å²) in [5.41, 5.74) is 8.09. The molecule has 4 nitrogen and oxygen atoms in total. The standard InChI is InChI=1S/C13H14N2O2S2/c1-9-2-5-13(18-9)19(16,17)15-7-6-10-3-4-11(14)8-12(10)15/h2-5,8H,6-7,14H2,1H3. The first-order valence-electron chi connectivity index (χ1n) is 5.96. The normalized spacial score (nSPS) is 14.7. The van der Waals surface area contributed by atoms with Crippen LogP contribution in [-0.4, -0.2) is 15.0 Å². The fraction of sp³-hybridized carbons (Fsp3) is 0.231. The van der Waals surface area contributed by atoms with Crippen LogP contribution in [-0.2, 0) is 16.4 Å². The Morgan fingerprint density at radius 2 is 2.05 bits per heavy atom. The predicted molar refractivity (Wildman–Crippen MR) is 78.1 cm³/mol. The molecule has 2 aromatic rings. The first-order valence-corrected chi connectivity index (χ1v) is 8.22. The summed E-state index contributed by atoms with van der Waals surface area (Å²) in [6, 6.07) is 8.94. The fourth-order valence-electron chi connectivity index (χ4n) is 2.28. The van der Waals surface area contributed by atoms with Gasteiger partial charge in [-0.15, -0.1) is 11.3 Å². The van der Waals surface area contributed by atoms with Crippen molar-refractivity contribution in [2.45, 2.75) is 17.6 Å². The third kappa shape index (κ3) is 2.01. The lowest BCUT2D eigenvalue weighted by Gasteiger charge is -2.18. The van der Waals surface area contributed by atoms with Crippen LogP contribution in [0.4, 0.5) is 11.4 Å². The highest BCUT2D eigenvalue weighted by Gasteiger charge is 2.31. The van der Waals surface area contributed by atoms with Crippen molar-refractivity contribution in [3.8, 4) is 0 Å². The first kappa shape index (κ1) is 12.5. The monoisotopic (exact) mass is 294 g/mol. The van der Waals surface area contributed by atoms with Crippen LogP contribution in [0.3, 0.4) is 0 Å². The van der Waals surface area contributed by atoms with E-state index in [9.17, 15) is 8.42 Å². The van der Waals surface area contributed by atoms with E-state index in [1.54, 1.807) is 12.1 Å². The van der Waals surface area contributed by atoms with E-state index >= 15 is 0 Å². The third-order valence-electron chi connectivity index (χ3n) is 3.22. The second-order valence-electron chi connectivity index (χ2n) is 4.58. The van der Waals surface area contributed by atoms with Gasteiger partial charge in [0.2, 0.25) is 0 Å². The minimum absolute atomic E-state index is 0.389. The molecule has 1 aliphatic rings. The van der Waals surface area contributed by atoms with E-state index in [0.717, 1.165) is 16.9 Å². The zero-order valence-electron chi connectivity index (χ0n) is 10.5. The maximum absolute atomic E-state index is 12.6. The van der Waals surface area contributed by atoms with Gasteiger partial charge in [-0.1, -0.05) is 6.07 Å². The van der Waals surface area contributed by atoms with E-state index in [1.807, 2.05) is 25.1 Å². The molecule has 0 bridgehead atoms. The zero-order chi connectivity index (χ0) is 13.6. The number of nitrogen functional groups attached to an aromatic ring is 1. The van der Waals surface area contributed by atoms with Crippen molar-refractivity contribution in [3.05, 3.63) is 40.8 Å². The molecular formula is C13H14N2O2S2. The maximum Gasteiger partial charge on any atom is 0.273 e. The quantitative estimate of drug-likeness (QED) is 0.865. The summed E-state index contributed by atoms with van der Waals surface area (Å²) in [6.45, 7) is 2.39. The van der Waals surface area contributed by atoms with Crippen molar-refractivity contribution in [3.63, 3.8) is 0 Å². The Hall–Kier alpha value is -1.53. The Morgan fingerprint density at radius 3 is 2.74 bits per heavy atom. The lowest BCUT2D eigenvalue weighted by molar-refractivity contribution is 0.594. The fourth-order valence-corrected chi connectivity index (χ4v) is 5.17. The summed E-state index contributed by atoms with van der Waals surface area (Å²) < 4.78 is 27.1. The number of thiophene rings is 1. The summed E-state index contributed by atoms with van der Waals surface area (Å²) in [5, 5.41) is 0. The van der Waals surface area contributed by atoms with Crippen LogP contribution in [0.15, 0.2) is 34.5 Å². The number of sulfonamides is 1. The number of aryl methyl sites for hydroxylation is 1. The molecule has 1 aromatic carbocycles. The Bertz CT molecular complexity index is 735. The van der Waals surface area contributed by atoms with Crippen molar-refractivity contribution in [2.24, 2.45) is 0 Å². The van der Waals surface area contributed by atoms with Crippen LogP contribution in [0.5, 0.6) is 0 Å². The number of nitrogens with zero attached hydrogens (tertiary/aromatic N) is 1. The van der Waals surface area contributed by atoms with Gasteiger partial charge in [0.25, 0.3) is 10.0 Å². The maximum atomic E-state index is 12.6. The van der Waals surface area contributed by atoms with Crippen LogP contribution < -0.4 is 10.0 Å². The highest BCUT2D eigenvalue weighted by molar-refractivity contribution is 7.94. The number of benzene rings is 1. The molecule has 0 fully saturated rings. The molecule has 100 valence electrons. The van der Waals surface area contributed by atoms with Gasteiger partial charge in [0.15, 0.2) is 0 Å². The Balaban J connectivity index is 2.08. The minimum atomic E-state index is -3.45. The molecule has 0 radical (unpaired) electrons. The van der Waals surface area contributed by atoms with E-state index in [1.165, 1.54) is 15.6 Å². The average molecular weight is 294 g/mol. The molecule has 0 spiro atoms. The first-order chi connectivity index (χ1) is 8.98. The second-order valence-corrected chi connectivity index (χ2v) is 7.96. The Kier molecular flexibility index (Phi) is 2.79. The summed E-state index contributed by atoms with van der Waals surface area (Å²) in [6.07, 6.45) is 0.735. The van der Waals surface area contributed by atoms with Gasteiger partial charge in [-0.25, -0.2) is 8.42 Å². The van der Waals surface area contributed by atoms with Crippen molar-refractivity contribution in [2.75, 3.05) is 16.6 Å². The lowest BCUT2D eigenvalue weighted by atomic mass is 10.1.